The molecule has 0 spiro atoms. The number of hydrogen-bond acceptors (Lipinski definition) is 3. The van der Waals surface area contributed by atoms with E-state index in [0.717, 1.165) is 5.56 Å². The molecule has 0 unspecified atom stereocenters. The number of carbonyl (C=O) groups is 1. The Balaban J connectivity index is 1.73. The van der Waals surface area contributed by atoms with E-state index in [1.807, 2.05) is 30.3 Å². The summed E-state index contributed by atoms with van der Waals surface area (Å²) in [4.78, 5) is 17.1. The number of amides is 1. The van der Waals surface area contributed by atoms with Crippen LogP contribution < -0.4 is 5.32 Å². The lowest BCUT2D eigenvalue weighted by molar-refractivity contribution is 0.101. The maximum Gasteiger partial charge on any atom is 0.295 e. The maximum absolute atomic E-state index is 13.3. The molecule has 4 rings (SSSR count). The number of benzene rings is 3. The molecule has 0 aliphatic rings. The molecule has 0 radical (unpaired) electrons. The topological polar surface area (TPSA) is 59.8 Å². The lowest BCUT2D eigenvalue weighted by Gasteiger charge is -2.05. The van der Waals surface area contributed by atoms with E-state index in [9.17, 15) is 9.18 Å². The summed E-state index contributed by atoms with van der Waals surface area (Å²) in [6.07, 6.45) is 0. The van der Waals surface area contributed by atoms with E-state index in [1.165, 1.54) is 16.8 Å². The van der Waals surface area contributed by atoms with Crippen molar-refractivity contribution >= 4 is 23.2 Å². The van der Waals surface area contributed by atoms with Crippen molar-refractivity contribution in [2.45, 2.75) is 0 Å². The van der Waals surface area contributed by atoms with Crippen molar-refractivity contribution in [3.8, 4) is 17.1 Å². The molecular formula is C21H14ClFN4O. The third-order valence-corrected chi connectivity index (χ3v) is 4.27. The first kappa shape index (κ1) is 17.9. The number of rotatable bonds is 4. The number of hydrogen-bond donors (Lipinski definition) is 1. The van der Waals surface area contributed by atoms with Crippen LogP contribution in [0.15, 0.2) is 78.9 Å². The summed E-state index contributed by atoms with van der Waals surface area (Å²) < 4.78 is 14.8. The molecule has 0 aliphatic heterocycles. The number of nitrogens with one attached hydrogen (secondary N) is 1. The van der Waals surface area contributed by atoms with E-state index >= 15 is 0 Å². The summed E-state index contributed by atoms with van der Waals surface area (Å²) in [5.41, 5.74) is 1.96. The van der Waals surface area contributed by atoms with Crippen molar-refractivity contribution in [2.75, 3.05) is 5.32 Å². The van der Waals surface area contributed by atoms with Crippen LogP contribution in [-0.4, -0.2) is 20.7 Å². The highest BCUT2D eigenvalue weighted by molar-refractivity contribution is 6.30. The van der Waals surface area contributed by atoms with Gasteiger partial charge in [-0.05, 0) is 48.5 Å². The molecule has 1 N–H and O–H groups in total. The fourth-order valence-electron chi connectivity index (χ4n) is 2.66. The second kappa shape index (κ2) is 7.62. The Labute approximate surface area is 165 Å². The molecule has 1 amide bonds. The zero-order valence-corrected chi connectivity index (χ0v) is 15.3. The van der Waals surface area contributed by atoms with Gasteiger partial charge in [-0.25, -0.2) is 14.1 Å². The van der Waals surface area contributed by atoms with Crippen LogP contribution in [0.4, 0.5) is 10.1 Å². The van der Waals surface area contributed by atoms with Gasteiger partial charge >= 0.3 is 0 Å². The monoisotopic (exact) mass is 392 g/mol. The molecule has 7 heteroatoms. The van der Waals surface area contributed by atoms with Crippen LogP contribution in [0.1, 0.15) is 10.6 Å². The summed E-state index contributed by atoms with van der Waals surface area (Å²) >= 11 is 5.87. The minimum Gasteiger partial charge on any atom is -0.319 e. The van der Waals surface area contributed by atoms with Gasteiger partial charge in [0.05, 0.1) is 5.69 Å². The van der Waals surface area contributed by atoms with Gasteiger partial charge in [0.1, 0.15) is 5.82 Å². The van der Waals surface area contributed by atoms with Crippen LogP contribution in [0, 0.1) is 5.82 Å². The van der Waals surface area contributed by atoms with Crippen LogP contribution >= 0.6 is 11.6 Å². The zero-order chi connectivity index (χ0) is 19.5. The van der Waals surface area contributed by atoms with Crippen LogP contribution in [-0.2, 0) is 0 Å². The van der Waals surface area contributed by atoms with Crippen LogP contribution in [0.25, 0.3) is 17.1 Å². The van der Waals surface area contributed by atoms with Crippen LogP contribution in [0.3, 0.4) is 0 Å². The summed E-state index contributed by atoms with van der Waals surface area (Å²) in [6, 6.07) is 21.9. The van der Waals surface area contributed by atoms with Gasteiger partial charge in [0.15, 0.2) is 5.82 Å². The van der Waals surface area contributed by atoms with Crippen LogP contribution in [0.2, 0.25) is 5.02 Å². The molecule has 0 atom stereocenters. The molecule has 4 aromatic rings. The number of anilines is 1. The van der Waals surface area contributed by atoms with Gasteiger partial charge in [-0.3, -0.25) is 4.79 Å². The second-order valence-electron chi connectivity index (χ2n) is 5.97. The summed E-state index contributed by atoms with van der Waals surface area (Å²) in [6.45, 7) is 0. The number of carbonyl (C=O) groups excluding carboxylic acids is 1. The Hall–Kier alpha value is -3.51. The Bertz CT molecular complexity index is 1110. The van der Waals surface area contributed by atoms with Gasteiger partial charge in [-0.2, -0.15) is 0 Å². The smallest absolute Gasteiger partial charge is 0.295 e. The van der Waals surface area contributed by atoms with Gasteiger partial charge in [-0.15, -0.1) is 5.10 Å². The average Bonchev–Trinajstić information content (AvgIpc) is 3.16. The van der Waals surface area contributed by atoms with Crippen molar-refractivity contribution in [1.82, 2.24) is 14.8 Å². The highest BCUT2D eigenvalue weighted by atomic mass is 35.5. The lowest BCUT2D eigenvalue weighted by Crippen LogP contribution is -2.14. The van der Waals surface area contributed by atoms with E-state index in [1.54, 1.807) is 36.4 Å². The third-order valence-electron chi connectivity index (χ3n) is 4.02. The van der Waals surface area contributed by atoms with Crippen molar-refractivity contribution in [3.05, 3.63) is 95.5 Å². The molecule has 3 aromatic carbocycles. The predicted molar refractivity (Wildman–Crippen MR) is 106 cm³/mol. The largest absolute Gasteiger partial charge is 0.319 e. The molecule has 0 bridgehead atoms. The van der Waals surface area contributed by atoms with E-state index in [4.69, 9.17) is 11.6 Å². The van der Waals surface area contributed by atoms with E-state index < -0.39 is 5.91 Å². The molecule has 0 saturated heterocycles. The number of aromatic nitrogens is 3. The number of halogens is 2. The molecule has 1 aromatic heterocycles. The molecule has 0 fully saturated rings. The third kappa shape index (κ3) is 3.77. The molecule has 0 aliphatic carbocycles. The molecule has 0 saturated carbocycles. The van der Waals surface area contributed by atoms with Gasteiger partial charge in [0.2, 0.25) is 5.82 Å². The summed E-state index contributed by atoms with van der Waals surface area (Å²) in [5.74, 6) is -0.335. The fourth-order valence-corrected chi connectivity index (χ4v) is 2.79. The first-order chi connectivity index (χ1) is 13.6. The summed E-state index contributed by atoms with van der Waals surface area (Å²) in [5, 5.41) is 7.66. The predicted octanol–water partition coefficient (Wildman–Crippen LogP) is 4.98. The Kier molecular flexibility index (Phi) is 4.87. The second-order valence-corrected chi connectivity index (χ2v) is 6.41. The highest BCUT2D eigenvalue weighted by Crippen LogP contribution is 2.22. The zero-order valence-electron chi connectivity index (χ0n) is 14.5. The molecule has 138 valence electrons. The van der Waals surface area contributed by atoms with E-state index in [0.29, 0.717) is 22.2 Å². The fraction of sp³-hybridized carbons (Fsp3) is 0. The first-order valence-electron chi connectivity index (χ1n) is 8.45. The average molecular weight is 393 g/mol. The van der Waals surface area contributed by atoms with Gasteiger partial charge in [0, 0.05) is 16.3 Å². The van der Waals surface area contributed by atoms with Gasteiger partial charge < -0.3 is 5.32 Å². The van der Waals surface area contributed by atoms with E-state index in [2.05, 4.69) is 15.4 Å². The SMILES string of the molecule is O=C(Nc1ccc(Cl)cc1)c1nc(-c2ccccc2)n(-c2ccc(F)cc2)n1. The van der Waals surface area contributed by atoms with Crippen molar-refractivity contribution < 1.29 is 9.18 Å². The van der Waals surface area contributed by atoms with Gasteiger partial charge in [0.25, 0.3) is 5.91 Å². The molecule has 1 heterocycles. The molecule has 5 nitrogen and oxygen atoms in total. The van der Waals surface area contributed by atoms with Crippen molar-refractivity contribution in [1.29, 1.82) is 0 Å². The minimum atomic E-state index is -0.458. The van der Waals surface area contributed by atoms with Crippen LogP contribution in [0.5, 0.6) is 0 Å². The number of nitrogens with zero attached hydrogens (tertiary/aromatic N) is 3. The molecule has 28 heavy (non-hydrogen) atoms. The standard InChI is InChI=1S/C21H14ClFN4O/c22-15-6-10-17(11-7-15)24-21(28)19-25-20(14-4-2-1-3-5-14)27(26-19)18-12-8-16(23)9-13-18/h1-13H,(H,24,28). The summed E-state index contributed by atoms with van der Waals surface area (Å²) in [7, 11) is 0. The first-order valence-corrected chi connectivity index (χ1v) is 8.83. The minimum absolute atomic E-state index is 0.00173. The Morgan fingerprint density at radius 2 is 1.61 bits per heavy atom. The molecular weight excluding hydrogens is 379 g/mol. The Morgan fingerprint density at radius 3 is 2.29 bits per heavy atom. The van der Waals surface area contributed by atoms with E-state index in [-0.39, 0.29) is 11.6 Å². The van der Waals surface area contributed by atoms with Crippen molar-refractivity contribution in [3.63, 3.8) is 0 Å². The quantitative estimate of drug-likeness (QED) is 0.533. The lowest BCUT2D eigenvalue weighted by atomic mass is 10.2. The normalized spacial score (nSPS) is 10.6. The maximum atomic E-state index is 13.3. The van der Waals surface area contributed by atoms with Gasteiger partial charge in [-0.1, -0.05) is 41.9 Å². The van der Waals surface area contributed by atoms with Crippen molar-refractivity contribution in [2.24, 2.45) is 0 Å². The highest BCUT2D eigenvalue weighted by Gasteiger charge is 2.19. The Morgan fingerprint density at radius 1 is 0.929 bits per heavy atom.